The van der Waals surface area contributed by atoms with Crippen LogP contribution in [0.3, 0.4) is 0 Å². The number of benzene rings is 1. The highest BCUT2D eigenvalue weighted by Crippen LogP contribution is 2.19. The first-order chi connectivity index (χ1) is 12.1. The van der Waals surface area contributed by atoms with E-state index in [0.717, 1.165) is 56.1 Å². The van der Waals surface area contributed by atoms with Crippen molar-refractivity contribution < 1.29 is 9.53 Å². The van der Waals surface area contributed by atoms with Crippen molar-refractivity contribution in [2.75, 3.05) is 51.2 Å². The van der Waals surface area contributed by atoms with Gasteiger partial charge in [0.15, 0.2) is 0 Å². The van der Waals surface area contributed by atoms with Gasteiger partial charge in [-0.1, -0.05) is 18.2 Å². The van der Waals surface area contributed by atoms with E-state index >= 15 is 0 Å². The first-order valence-corrected chi connectivity index (χ1v) is 9.54. The number of carbonyl (C=O) groups is 1. The molecule has 2 aliphatic rings. The van der Waals surface area contributed by atoms with Crippen LogP contribution in [0.1, 0.15) is 30.4 Å². The summed E-state index contributed by atoms with van der Waals surface area (Å²) in [5, 5.41) is 3.09. The summed E-state index contributed by atoms with van der Waals surface area (Å²) in [4.78, 5) is 17.1. The van der Waals surface area contributed by atoms with Crippen molar-refractivity contribution in [2.24, 2.45) is 0 Å². The van der Waals surface area contributed by atoms with Crippen LogP contribution in [0, 0.1) is 13.8 Å². The zero-order valence-electron chi connectivity index (χ0n) is 15.6. The average molecular weight is 345 g/mol. The maximum Gasteiger partial charge on any atom is 0.238 e. The van der Waals surface area contributed by atoms with Crippen molar-refractivity contribution >= 4 is 11.6 Å². The summed E-state index contributed by atoms with van der Waals surface area (Å²) in [5.41, 5.74) is 3.19. The first-order valence-electron chi connectivity index (χ1n) is 9.54. The number of hydrogen-bond acceptors (Lipinski definition) is 4. The fraction of sp³-hybridized carbons (Fsp3) is 0.650. The Kier molecular flexibility index (Phi) is 6.45. The number of anilines is 1. The lowest BCUT2D eigenvalue weighted by Crippen LogP contribution is -2.50. The molecule has 25 heavy (non-hydrogen) atoms. The van der Waals surface area contributed by atoms with Crippen molar-refractivity contribution in [1.29, 1.82) is 0 Å². The molecule has 0 aliphatic carbocycles. The minimum absolute atomic E-state index is 0.0847. The van der Waals surface area contributed by atoms with Gasteiger partial charge in [-0.3, -0.25) is 14.6 Å². The van der Waals surface area contributed by atoms with Crippen LogP contribution >= 0.6 is 0 Å². The van der Waals surface area contributed by atoms with Crippen LogP contribution in [0.5, 0.6) is 0 Å². The van der Waals surface area contributed by atoms with Gasteiger partial charge in [0.2, 0.25) is 5.91 Å². The van der Waals surface area contributed by atoms with E-state index in [1.807, 2.05) is 32.0 Å². The molecule has 1 aromatic carbocycles. The molecule has 2 aliphatic heterocycles. The van der Waals surface area contributed by atoms with E-state index in [0.29, 0.717) is 12.6 Å². The highest BCUT2D eigenvalue weighted by Gasteiger charge is 2.23. The van der Waals surface area contributed by atoms with Crippen LogP contribution in [-0.4, -0.2) is 67.7 Å². The highest BCUT2D eigenvalue weighted by atomic mass is 16.5. The van der Waals surface area contributed by atoms with Gasteiger partial charge in [0.1, 0.15) is 0 Å². The number of hydrogen-bond donors (Lipinski definition) is 1. The number of nitrogens with one attached hydrogen (secondary N) is 1. The lowest BCUT2D eigenvalue weighted by molar-refractivity contribution is -0.117. The van der Waals surface area contributed by atoms with Crippen LogP contribution in [0.15, 0.2) is 18.2 Å². The van der Waals surface area contributed by atoms with Gasteiger partial charge >= 0.3 is 0 Å². The van der Waals surface area contributed by atoms with Crippen LogP contribution in [0.4, 0.5) is 5.69 Å². The van der Waals surface area contributed by atoms with Crippen LogP contribution in [0.2, 0.25) is 0 Å². The summed E-state index contributed by atoms with van der Waals surface area (Å²) in [6, 6.07) is 6.10. The third-order valence-electron chi connectivity index (χ3n) is 5.31. The predicted octanol–water partition coefficient (Wildman–Crippen LogP) is 2.43. The number of aryl methyl sites for hydroxylation is 2. The normalized spacial score (nSPS) is 22.7. The van der Waals surface area contributed by atoms with Crippen molar-refractivity contribution in [3.8, 4) is 0 Å². The van der Waals surface area contributed by atoms with Gasteiger partial charge in [-0.25, -0.2) is 0 Å². The molecule has 1 N–H and O–H groups in total. The minimum atomic E-state index is 0.0847. The number of para-hydroxylation sites is 1. The van der Waals surface area contributed by atoms with E-state index < -0.39 is 0 Å². The van der Waals surface area contributed by atoms with E-state index in [9.17, 15) is 4.79 Å². The monoisotopic (exact) mass is 345 g/mol. The van der Waals surface area contributed by atoms with Crippen molar-refractivity contribution in [2.45, 2.75) is 39.2 Å². The molecule has 0 spiro atoms. The quantitative estimate of drug-likeness (QED) is 0.890. The van der Waals surface area contributed by atoms with Gasteiger partial charge in [-0.15, -0.1) is 0 Å². The Labute approximate surface area is 151 Å². The zero-order valence-corrected chi connectivity index (χ0v) is 15.6. The van der Waals surface area contributed by atoms with E-state index in [-0.39, 0.29) is 5.91 Å². The van der Waals surface area contributed by atoms with Gasteiger partial charge in [0.25, 0.3) is 0 Å². The molecular weight excluding hydrogens is 314 g/mol. The molecule has 1 atom stereocenters. The molecule has 138 valence electrons. The Bertz CT molecular complexity index is 556. The van der Waals surface area contributed by atoms with E-state index in [4.69, 9.17) is 4.74 Å². The lowest BCUT2D eigenvalue weighted by Gasteiger charge is -2.36. The van der Waals surface area contributed by atoms with E-state index in [1.54, 1.807) is 0 Å². The molecule has 0 saturated carbocycles. The minimum Gasteiger partial charge on any atom is -0.377 e. The Morgan fingerprint density at radius 3 is 2.44 bits per heavy atom. The van der Waals surface area contributed by atoms with E-state index in [2.05, 4.69) is 15.1 Å². The molecular formula is C20H31N3O2. The standard InChI is InChI=1S/C20H31N3O2/c1-16-6-5-7-17(2)20(16)21-19(24)15-23-11-9-22(10-12-23)14-18-8-3-4-13-25-18/h5-7,18H,3-4,8-15H2,1-2H3,(H,21,24)/t18-/m1/s1. The maximum atomic E-state index is 12.4. The van der Waals surface area contributed by atoms with Crippen LogP contribution in [0.25, 0.3) is 0 Å². The SMILES string of the molecule is Cc1cccc(C)c1NC(=O)CN1CCN(C[C@H]2CCCCO2)CC1. The number of ether oxygens (including phenoxy) is 1. The summed E-state index contributed by atoms with van der Waals surface area (Å²) < 4.78 is 5.84. The Balaban J connectivity index is 1.41. The fourth-order valence-corrected chi connectivity index (χ4v) is 3.76. The van der Waals surface area contributed by atoms with Gasteiger partial charge in [-0.2, -0.15) is 0 Å². The number of rotatable bonds is 5. The number of nitrogens with zero attached hydrogens (tertiary/aromatic N) is 2. The highest BCUT2D eigenvalue weighted by molar-refractivity contribution is 5.93. The third kappa shape index (κ3) is 5.27. The van der Waals surface area contributed by atoms with Gasteiger partial charge in [-0.05, 0) is 44.2 Å². The molecule has 0 radical (unpaired) electrons. The molecule has 5 heteroatoms. The summed E-state index contributed by atoms with van der Waals surface area (Å²) in [5.74, 6) is 0.0847. The molecule has 0 aromatic heterocycles. The van der Waals surface area contributed by atoms with Gasteiger partial charge < -0.3 is 10.1 Å². The topological polar surface area (TPSA) is 44.8 Å². The third-order valence-corrected chi connectivity index (χ3v) is 5.31. The first kappa shape index (κ1) is 18.4. The average Bonchev–Trinajstić information content (AvgIpc) is 2.61. The number of amides is 1. The molecule has 1 aromatic rings. The van der Waals surface area contributed by atoms with Crippen LogP contribution < -0.4 is 5.32 Å². The lowest BCUT2D eigenvalue weighted by atomic mass is 10.1. The second kappa shape index (κ2) is 8.79. The Hall–Kier alpha value is -1.43. The summed E-state index contributed by atoms with van der Waals surface area (Å²) in [6.07, 6.45) is 4.11. The molecule has 2 saturated heterocycles. The van der Waals surface area contributed by atoms with Crippen molar-refractivity contribution in [3.05, 3.63) is 29.3 Å². The zero-order chi connectivity index (χ0) is 17.6. The summed E-state index contributed by atoms with van der Waals surface area (Å²) >= 11 is 0. The maximum absolute atomic E-state index is 12.4. The molecule has 0 unspecified atom stereocenters. The predicted molar refractivity (Wildman–Crippen MR) is 101 cm³/mol. The molecule has 0 bridgehead atoms. The largest absolute Gasteiger partial charge is 0.377 e. The molecule has 5 nitrogen and oxygen atoms in total. The second-order valence-electron chi connectivity index (χ2n) is 7.38. The van der Waals surface area contributed by atoms with Crippen molar-refractivity contribution in [1.82, 2.24) is 9.80 Å². The van der Waals surface area contributed by atoms with Crippen LogP contribution in [-0.2, 0) is 9.53 Å². The van der Waals surface area contributed by atoms with Gasteiger partial charge in [0, 0.05) is 45.0 Å². The number of carbonyl (C=O) groups excluding carboxylic acids is 1. The molecule has 2 fully saturated rings. The molecule has 3 rings (SSSR count). The van der Waals surface area contributed by atoms with Crippen molar-refractivity contribution in [3.63, 3.8) is 0 Å². The van der Waals surface area contributed by atoms with E-state index in [1.165, 1.54) is 19.3 Å². The number of piperazine rings is 1. The Morgan fingerprint density at radius 2 is 1.80 bits per heavy atom. The molecule has 1 amide bonds. The summed E-state index contributed by atoms with van der Waals surface area (Å²) in [7, 11) is 0. The molecule has 2 heterocycles. The fourth-order valence-electron chi connectivity index (χ4n) is 3.76. The second-order valence-corrected chi connectivity index (χ2v) is 7.38. The Morgan fingerprint density at radius 1 is 1.12 bits per heavy atom. The smallest absolute Gasteiger partial charge is 0.238 e. The summed E-state index contributed by atoms with van der Waals surface area (Å²) in [6.45, 7) is 10.5. The van der Waals surface area contributed by atoms with Gasteiger partial charge in [0.05, 0.1) is 12.6 Å².